The van der Waals surface area contributed by atoms with Crippen molar-refractivity contribution in [2.75, 3.05) is 11.9 Å². The zero-order valence-corrected chi connectivity index (χ0v) is 6.81. The number of nitrogens with one attached hydrogen (secondary N) is 1. The van der Waals surface area contributed by atoms with Crippen molar-refractivity contribution in [3.8, 4) is 5.75 Å². The van der Waals surface area contributed by atoms with Crippen LogP contribution in [0.1, 0.15) is 0 Å². The van der Waals surface area contributed by atoms with Gasteiger partial charge in [0.2, 0.25) is 0 Å². The predicted octanol–water partition coefficient (Wildman–Crippen LogP) is 1.47. The van der Waals surface area contributed by atoms with E-state index in [2.05, 4.69) is 11.4 Å². The smallest absolute Gasteiger partial charge is 0.262 e. The van der Waals surface area contributed by atoms with Gasteiger partial charge < -0.3 is 10.1 Å². The summed E-state index contributed by atoms with van der Waals surface area (Å²) in [5, 5.41) is 3.09. The van der Waals surface area contributed by atoms with E-state index < -0.39 is 0 Å². The molecule has 61 valence electrons. The van der Waals surface area contributed by atoms with Crippen LogP contribution in [-0.2, 0) is 4.79 Å². The quantitative estimate of drug-likeness (QED) is 0.660. The first kappa shape index (κ1) is 7.43. The molecule has 1 amide bonds. The Morgan fingerprint density at radius 3 is 3.25 bits per heavy atom. The summed E-state index contributed by atoms with van der Waals surface area (Å²) in [5.41, 5.74) is 0.582. The first-order chi connectivity index (χ1) is 5.77. The van der Waals surface area contributed by atoms with Gasteiger partial charge in [-0.3, -0.25) is 4.79 Å². The van der Waals surface area contributed by atoms with Crippen LogP contribution in [0.25, 0.3) is 0 Å². The molecule has 0 bridgehead atoms. The zero-order chi connectivity index (χ0) is 8.55. The number of rotatable bonds is 0. The summed E-state index contributed by atoms with van der Waals surface area (Å²) in [4.78, 5) is 10.8. The second kappa shape index (κ2) is 2.68. The summed E-state index contributed by atoms with van der Waals surface area (Å²) in [6.45, 7) is 0.0245. The number of fused-ring (bicyclic) bond motifs is 1. The second-order valence-electron chi connectivity index (χ2n) is 2.38. The average Bonchev–Trinajstić information content (AvgIpc) is 2.04. The van der Waals surface area contributed by atoms with E-state index in [1.54, 1.807) is 12.1 Å². The fourth-order valence-electron chi connectivity index (χ4n) is 1.02. The van der Waals surface area contributed by atoms with E-state index >= 15 is 0 Å². The Morgan fingerprint density at radius 1 is 1.58 bits per heavy atom. The Kier molecular flexibility index (Phi) is 1.66. The molecular formula is C8H5ClNO2. The van der Waals surface area contributed by atoms with E-state index in [-0.39, 0.29) is 12.5 Å². The van der Waals surface area contributed by atoms with Crippen molar-refractivity contribution in [3.63, 3.8) is 0 Å². The fourth-order valence-corrected chi connectivity index (χ4v) is 1.24. The van der Waals surface area contributed by atoms with E-state index in [1.165, 1.54) is 0 Å². The summed E-state index contributed by atoms with van der Waals surface area (Å²) in [6.07, 6.45) is 0. The van der Waals surface area contributed by atoms with Gasteiger partial charge in [-0.15, -0.1) is 0 Å². The van der Waals surface area contributed by atoms with Crippen molar-refractivity contribution < 1.29 is 9.53 Å². The van der Waals surface area contributed by atoms with E-state index in [4.69, 9.17) is 16.3 Å². The summed E-state index contributed by atoms with van der Waals surface area (Å²) < 4.78 is 5.10. The molecule has 2 rings (SSSR count). The van der Waals surface area contributed by atoms with Crippen molar-refractivity contribution in [1.82, 2.24) is 0 Å². The van der Waals surface area contributed by atoms with Crippen molar-refractivity contribution in [1.29, 1.82) is 0 Å². The maximum Gasteiger partial charge on any atom is 0.262 e. The largest absolute Gasteiger partial charge is 0.480 e. The highest BCUT2D eigenvalue weighted by molar-refractivity contribution is 6.32. The van der Waals surface area contributed by atoms with Gasteiger partial charge in [0.05, 0.1) is 10.7 Å². The van der Waals surface area contributed by atoms with Gasteiger partial charge in [-0.05, 0) is 18.2 Å². The molecule has 1 N–H and O–H groups in total. The first-order valence-electron chi connectivity index (χ1n) is 3.39. The van der Waals surface area contributed by atoms with Crippen LogP contribution in [0.4, 0.5) is 5.69 Å². The topological polar surface area (TPSA) is 38.3 Å². The van der Waals surface area contributed by atoms with Crippen molar-refractivity contribution in [3.05, 3.63) is 23.2 Å². The van der Waals surface area contributed by atoms with Gasteiger partial charge in [0.25, 0.3) is 5.91 Å². The number of benzene rings is 1. The van der Waals surface area contributed by atoms with E-state index in [1.807, 2.05) is 0 Å². The van der Waals surface area contributed by atoms with Gasteiger partial charge in [0.15, 0.2) is 12.4 Å². The molecule has 1 aromatic rings. The molecule has 1 aliphatic heterocycles. The summed E-state index contributed by atoms with van der Waals surface area (Å²) in [5.74, 6) is 0.355. The second-order valence-corrected chi connectivity index (χ2v) is 2.79. The molecule has 0 aromatic heterocycles. The van der Waals surface area contributed by atoms with Crippen LogP contribution in [-0.4, -0.2) is 12.5 Å². The van der Waals surface area contributed by atoms with Crippen LogP contribution in [0.5, 0.6) is 5.75 Å². The Hall–Kier alpha value is -1.22. The third-order valence-electron chi connectivity index (χ3n) is 1.52. The number of hydrogen-bond donors (Lipinski definition) is 1. The molecule has 3 nitrogen and oxygen atoms in total. The van der Waals surface area contributed by atoms with Crippen molar-refractivity contribution >= 4 is 23.2 Å². The minimum atomic E-state index is -0.168. The lowest BCUT2D eigenvalue weighted by molar-refractivity contribution is -0.118. The molecule has 0 unspecified atom stereocenters. The third-order valence-corrected chi connectivity index (χ3v) is 1.80. The molecule has 1 aromatic carbocycles. The molecular weight excluding hydrogens is 178 g/mol. The third kappa shape index (κ3) is 1.12. The van der Waals surface area contributed by atoms with Gasteiger partial charge in [-0.25, -0.2) is 0 Å². The normalized spacial score (nSPS) is 14.6. The molecule has 1 heterocycles. The Balaban J connectivity index is 2.48. The highest BCUT2D eigenvalue weighted by atomic mass is 35.5. The SMILES string of the molecule is O=C1COc2c(Cl)c[c]cc2N1. The Morgan fingerprint density at radius 2 is 2.42 bits per heavy atom. The minimum absolute atomic E-state index is 0.0245. The molecule has 12 heavy (non-hydrogen) atoms. The maximum absolute atomic E-state index is 10.8. The number of carbonyl (C=O) groups excluding carboxylic acids is 1. The minimum Gasteiger partial charge on any atom is -0.480 e. The standard InChI is InChI=1S/C8H5ClNO2/c9-5-2-1-3-6-8(5)12-4-7(11)10-6/h2-3H,4H2,(H,10,11). The number of halogens is 1. The number of carbonyl (C=O) groups is 1. The number of anilines is 1. The Bertz CT molecular complexity index is 338. The highest BCUT2D eigenvalue weighted by Gasteiger charge is 2.17. The predicted molar refractivity (Wildman–Crippen MR) is 44.4 cm³/mol. The van der Waals surface area contributed by atoms with Crippen LogP contribution in [0.2, 0.25) is 5.02 Å². The van der Waals surface area contributed by atoms with E-state index in [0.717, 1.165) is 0 Å². The van der Waals surface area contributed by atoms with E-state index in [0.29, 0.717) is 16.5 Å². The Labute approximate surface area is 74.3 Å². The summed E-state index contributed by atoms with van der Waals surface area (Å²) in [6, 6.07) is 6.00. The molecule has 0 aliphatic carbocycles. The zero-order valence-electron chi connectivity index (χ0n) is 6.06. The maximum atomic E-state index is 10.8. The van der Waals surface area contributed by atoms with Gasteiger partial charge in [0, 0.05) is 0 Å². The van der Waals surface area contributed by atoms with Gasteiger partial charge in [0.1, 0.15) is 0 Å². The lowest BCUT2D eigenvalue weighted by Crippen LogP contribution is -2.25. The van der Waals surface area contributed by atoms with Crippen LogP contribution < -0.4 is 10.1 Å². The molecule has 4 heteroatoms. The number of amides is 1. The van der Waals surface area contributed by atoms with Crippen LogP contribution in [0.15, 0.2) is 12.1 Å². The molecule has 0 saturated heterocycles. The first-order valence-corrected chi connectivity index (χ1v) is 3.77. The van der Waals surface area contributed by atoms with Gasteiger partial charge in [-0.1, -0.05) is 11.6 Å². The highest BCUT2D eigenvalue weighted by Crippen LogP contribution is 2.34. The van der Waals surface area contributed by atoms with Crippen LogP contribution >= 0.6 is 11.6 Å². The molecule has 0 fully saturated rings. The molecule has 0 spiro atoms. The molecule has 0 saturated carbocycles. The average molecular weight is 183 g/mol. The van der Waals surface area contributed by atoms with E-state index in [9.17, 15) is 4.79 Å². The van der Waals surface area contributed by atoms with Gasteiger partial charge in [-0.2, -0.15) is 0 Å². The fraction of sp³-hybridized carbons (Fsp3) is 0.125. The number of hydrogen-bond acceptors (Lipinski definition) is 2. The van der Waals surface area contributed by atoms with Crippen molar-refractivity contribution in [2.45, 2.75) is 0 Å². The van der Waals surface area contributed by atoms with Crippen LogP contribution in [0, 0.1) is 6.07 Å². The van der Waals surface area contributed by atoms with Crippen molar-refractivity contribution in [2.24, 2.45) is 0 Å². The molecule has 1 radical (unpaired) electrons. The lowest BCUT2D eigenvalue weighted by atomic mass is 10.2. The summed E-state index contributed by atoms with van der Waals surface area (Å²) in [7, 11) is 0. The molecule has 1 aliphatic rings. The van der Waals surface area contributed by atoms with Crippen LogP contribution in [0.3, 0.4) is 0 Å². The molecule has 0 atom stereocenters. The summed E-state index contributed by atoms with van der Waals surface area (Å²) >= 11 is 5.78. The monoisotopic (exact) mass is 182 g/mol. The van der Waals surface area contributed by atoms with Gasteiger partial charge >= 0.3 is 0 Å². The number of ether oxygens (including phenoxy) is 1. The lowest BCUT2D eigenvalue weighted by Gasteiger charge is -2.17.